The van der Waals surface area contributed by atoms with Crippen LogP contribution in [0.5, 0.6) is 5.75 Å². The Balaban J connectivity index is 2.58. The number of aryl methyl sites for hydroxylation is 1. The standard InChI is InChI=1S/C14H20O2/c1-14(2,3)13(15)9-8-11-6-5-7-12(10-11)16-4/h5-7,10H,8-9H2,1-4H3. The lowest BCUT2D eigenvalue weighted by Crippen LogP contribution is -2.20. The molecule has 0 unspecified atom stereocenters. The summed E-state index contributed by atoms with van der Waals surface area (Å²) in [5.74, 6) is 1.15. The quantitative estimate of drug-likeness (QED) is 0.778. The van der Waals surface area contributed by atoms with Gasteiger partial charge in [-0.05, 0) is 24.1 Å². The number of hydrogen-bond donors (Lipinski definition) is 0. The zero-order valence-corrected chi connectivity index (χ0v) is 10.5. The third kappa shape index (κ3) is 3.69. The van der Waals surface area contributed by atoms with Crippen molar-refractivity contribution in [1.29, 1.82) is 0 Å². The summed E-state index contributed by atoms with van der Waals surface area (Å²) in [5.41, 5.74) is 0.913. The predicted molar refractivity (Wildman–Crippen MR) is 65.8 cm³/mol. The molecule has 0 amide bonds. The van der Waals surface area contributed by atoms with Gasteiger partial charge in [0.15, 0.2) is 0 Å². The first-order valence-electron chi connectivity index (χ1n) is 5.59. The summed E-state index contributed by atoms with van der Waals surface area (Å²) < 4.78 is 5.14. The molecule has 0 atom stereocenters. The Kier molecular flexibility index (Phi) is 4.11. The minimum atomic E-state index is -0.237. The molecule has 1 aromatic rings. The number of methoxy groups -OCH3 is 1. The van der Waals surface area contributed by atoms with Crippen molar-refractivity contribution in [3.05, 3.63) is 29.8 Å². The molecule has 2 heteroatoms. The van der Waals surface area contributed by atoms with E-state index in [1.54, 1.807) is 7.11 Å². The average molecular weight is 220 g/mol. The fourth-order valence-corrected chi connectivity index (χ4v) is 1.46. The third-order valence-corrected chi connectivity index (χ3v) is 2.61. The highest BCUT2D eigenvalue weighted by molar-refractivity contribution is 5.83. The minimum Gasteiger partial charge on any atom is -0.497 e. The molecule has 88 valence electrons. The molecule has 0 spiro atoms. The predicted octanol–water partition coefficient (Wildman–Crippen LogP) is 3.24. The van der Waals surface area contributed by atoms with Gasteiger partial charge in [-0.1, -0.05) is 32.9 Å². The number of benzene rings is 1. The van der Waals surface area contributed by atoms with Gasteiger partial charge in [-0.3, -0.25) is 4.79 Å². The number of ketones is 1. The van der Waals surface area contributed by atoms with Crippen molar-refractivity contribution in [2.24, 2.45) is 5.41 Å². The maximum atomic E-state index is 11.8. The van der Waals surface area contributed by atoms with Crippen molar-refractivity contribution >= 4 is 5.78 Å². The van der Waals surface area contributed by atoms with E-state index in [0.29, 0.717) is 12.2 Å². The lowest BCUT2D eigenvalue weighted by atomic mass is 9.87. The van der Waals surface area contributed by atoms with Crippen LogP contribution in [0, 0.1) is 5.41 Å². The number of rotatable bonds is 4. The summed E-state index contributed by atoms with van der Waals surface area (Å²) in [6.07, 6.45) is 1.38. The maximum absolute atomic E-state index is 11.8. The van der Waals surface area contributed by atoms with Crippen molar-refractivity contribution < 1.29 is 9.53 Å². The van der Waals surface area contributed by atoms with Crippen LogP contribution in [0.1, 0.15) is 32.8 Å². The molecule has 0 N–H and O–H groups in total. The molecule has 1 rings (SSSR count). The van der Waals surface area contributed by atoms with Crippen LogP contribution >= 0.6 is 0 Å². The zero-order chi connectivity index (χ0) is 12.2. The van der Waals surface area contributed by atoms with Crippen LogP contribution < -0.4 is 4.74 Å². The van der Waals surface area contributed by atoms with E-state index >= 15 is 0 Å². The summed E-state index contributed by atoms with van der Waals surface area (Å²) in [7, 11) is 1.65. The monoisotopic (exact) mass is 220 g/mol. The third-order valence-electron chi connectivity index (χ3n) is 2.61. The van der Waals surface area contributed by atoms with Crippen LogP contribution in [0.3, 0.4) is 0 Å². The highest BCUT2D eigenvalue weighted by atomic mass is 16.5. The first-order chi connectivity index (χ1) is 7.43. The summed E-state index contributed by atoms with van der Waals surface area (Å²) in [6.45, 7) is 5.88. The van der Waals surface area contributed by atoms with Gasteiger partial charge in [0.1, 0.15) is 11.5 Å². The SMILES string of the molecule is COc1cccc(CCC(=O)C(C)(C)C)c1. The summed E-state index contributed by atoms with van der Waals surface area (Å²) in [4.78, 5) is 11.8. The highest BCUT2D eigenvalue weighted by Gasteiger charge is 2.20. The largest absolute Gasteiger partial charge is 0.497 e. The Bertz CT molecular complexity index is 361. The highest BCUT2D eigenvalue weighted by Crippen LogP contribution is 2.19. The lowest BCUT2D eigenvalue weighted by Gasteiger charge is -2.16. The Labute approximate surface area is 97.6 Å². The van der Waals surface area contributed by atoms with Crippen molar-refractivity contribution in [2.45, 2.75) is 33.6 Å². The van der Waals surface area contributed by atoms with E-state index in [1.807, 2.05) is 45.0 Å². The molecule has 1 aromatic carbocycles. The van der Waals surface area contributed by atoms with Gasteiger partial charge in [0.25, 0.3) is 0 Å². The Morgan fingerprint density at radius 3 is 2.56 bits per heavy atom. The molecule has 0 radical (unpaired) electrons. The Hall–Kier alpha value is -1.31. The molecule has 2 nitrogen and oxygen atoms in total. The van der Waals surface area contributed by atoms with Gasteiger partial charge in [-0.15, -0.1) is 0 Å². The number of Topliss-reactive ketones (excluding diaryl/α,β-unsaturated/α-hetero) is 1. The van der Waals surface area contributed by atoms with Gasteiger partial charge in [0, 0.05) is 11.8 Å². The van der Waals surface area contributed by atoms with E-state index in [1.165, 1.54) is 0 Å². The van der Waals surface area contributed by atoms with Crippen molar-refractivity contribution in [3.8, 4) is 5.75 Å². The first-order valence-corrected chi connectivity index (χ1v) is 5.59. The molecule has 0 bridgehead atoms. The van der Waals surface area contributed by atoms with Crippen LogP contribution in [0.15, 0.2) is 24.3 Å². The van der Waals surface area contributed by atoms with Crippen LogP contribution in [-0.2, 0) is 11.2 Å². The number of carbonyl (C=O) groups excluding carboxylic acids is 1. The second-order valence-corrected chi connectivity index (χ2v) is 5.02. The molecule has 0 aliphatic rings. The summed E-state index contributed by atoms with van der Waals surface area (Å²) in [5, 5.41) is 0. The van der Waals surface area contributed by atoms with E-state index < -0.39 is 0 Å². The fraction of sp³-hybridized carbons (Fsp3) is 0.500. The van der Waals surface area contributed by atoms with Crippen LogP contribution in [0.25, 0.3) is 0 Å². The molecule has 0 fully saturated rings. The van der Waals surface area contributed by atoms with Gasteiger partial charge in [0.2, 0.25) is 0 Å². The van der Waals surface area contributed by atoms with Crippen molar-refractivity contribution in [1.82, 2.24) is 0 Å². The normalized spacial score (nSPS) is 11.2. The summed E-state index contributed by atoms with van der Waals surface area (Å²) in [6, 6.07) is 7.87. The molecule has 0 aliphatic carbocycles. The molecule has 16 heavy (non-hydrogen) atoms. The lowest BCUT2D eigenvalue weighted by molar-refractivity contribution is -0.126. The van der Waals surface area contributed by atoms with E-state index in [2.05, 4.69) is 0 Å². The number of carbonyl (C=O) groups is 1. The van der Waals surface area contributed by atoms with Gasteiger partial charge in [-0.25, -0.2) is 0 Å². The van der Waals surface area contributed by atoms with Crippen LogP contribution in [-0.4, -0.2) is 12.9 Å². The summed E-state index contributed by atoms with van der Waals surface area (Å²) >= 11 is 0. The van der Waals surface area contributed by atoms with Crippen molar-refractivity contribution in [3.63, 3.8) is 0 Å². The maximum Gasteiger partial charge on any atom is 0.138 e. The fourth-order valence-electron chi connectivity index (χ4n) is 1.46. The van der Waals surface area contributed by atoms with Gasteiger partial charge in [0.05, 0.1) is 7.11 Å². The molecule has 0 heterocycles. The van der Waals surface area contributed by atoms with E-state index in [4.69, 9.17) is 4.74 Å². The first kappa shape index (κ1) is 12.8. The number of hydrogen-bond acceptors (Lipinski definition) is 2. The second-order valence-electron chi connectivity index (χ2n) is 5.02. The minimum absolute atomic E-state index is 0.237. The average Bonchev–Trinajstić information content (AvgIpc) is 2.25. The topological polar surface area (TPSA) is 26.3 Å². The zero-order valence-electron chi connectivity index (χ0n) is 10.5. The smallest absolute Gasteiger partial charge is 0.138 e. The number of ether oxygens (including phenoxy) is 1. The van der Waals surface area contributed by atoms with E-state index in [-0.39, 0.29) is 5.41 Å². The molecule has 0 aliphatic heterocycles. The molecular formula is C14H20O2. The molecular weight excluding hydrogens is 200 g/mol. The second kappa shape index (κ2) is 5.15. The van der Waals surface area contributed by atoms with Gasteiger partial charge >= 0.3 is 0 Å². The van der Waals surface area contributed by atoms with Crippen LogP contribution in [0.2, 0.25) is 0 Å². The molecule has 0 aromatic heterocycles. The van der Waals surface area contributed by atoms with Gasteiger partial charge < -0.3 is 4.74 Å². The van der Waals surface area contributed by atoms with E-state index in [0.717, 1.165) is 17.7 Å². The molecule has 0 saturated carbocycles. The van der Waals surface area contributed by atoms with Crippen LogP contribution in [0.4, 0.5) is 0 Å². The van der Waals surface area contributed by atoms with Gasteiger partial charge in [-0.2, -0.15) is 0 Å². The van der Waals surface area contributed by atoms with Crippen molar-refractivity contribution in [2.75, 3.05) is 7.11 Å². The Morgan fingerprint density at radius 2 is 2.00 bits per heavy atom. The Morgan fingerprint density at radius 1 is 1.31 bits per heavy atom. The molecule has 0 saturated heterocycles. The van der Waals surface area contributed by atoms with E-state index in [9.17, 15) is 4.79 Å².